The van der Waals surface area contributed by atoms with E-state index in [1.54, 1.807) is 33.1 Å². The summed E-state index contributed by atoms with van der Waals surface area (Å²) in [7, 11) is 4.71. The summed E-state index contributed by atoms with van der Waals surface area (Å²) in [4.78, 5) is 12.4. The summed E-state index contributed by atoms with van der Waals surface area (Å²) < 4.78 is 16.0. The quantitative estimate of drug-likeness (QED) is 0.725. The van der Waals surface area contributed by atoms with Crippen LogP contribution in [-0.4, -0.2) is 32.5 Å². The lowest BCUT2D eigenvalue weighted by Crippen LogP contribution is -2.30. The molecule has 0 bridgehead atoms. The third-order valence-corrected chi connectivity index (χ3v) is 5.12. The maximum absolute atomic E-state index is 12.4. The third kappa shape index (κ3) is 5.33. The van der Waals surface area contributed by atoms with Gasteiger partial charge in [-0.1, -0.05) is 30.3 Å². The fourth-order valence-electron chi connectivity index (χ4n) is 2.44. The lowest BCUT2D eigenvalue weighted by atomic mass is 10.1. The third-order valence-electron chi connectivity index (χ3n) is 3.90. The van der Waals surface area contributed by atoms with Crippen molar-refractivity contribution >= 4 is 17.7 Å². The van der Waals surface area contributed by atoms with Gasteiger partial charge < -0.3 is 19.5 Å². The summed E-state index contributed by atoms with van der Waals surface area (Å²) >= 11 is 1.61. The zero-order valence-electron chi connectivity index (χ0n) is 15.6. The van der Waals surface area contributed by atoms with Gasteiger partial charge >= 0.3 is 0 Å². The molecule has 140 valence electrons. The van der Waals surface area contributed by atoms with Gasteiger partial charge in [-0.2, -0.15) is 0 Å². The van der Waals surface area contributed by atoms with Crippen molar-refractivity contribution in [2.24, 2.45) is 0 Å². The average molecular weight is 375 g/mol. The first kappa shape index (κ1) is 20.0. The predicted molar refractivity (Wildman–Crippen MR) is 105 cm³/mol. The molecular weight excluding hydrogens is 350 g/mol. The zero-order chi connectivity index (χ0) is 18.9. The van der Waals surface area contributed by atoms with Gasteiger partial charge in [-0.3, -0.25) is 4.79 Å². The van der Waals surface area contributed by atoms with Crippen LogP contribution >= 0.6 is 11.8 Å². The second kappa shape index (κ2) is 9.97. The first-order valence-corrected chi connectivity index (χ1v) is 9.36. The van der Waals surface area contributed by atoms with Crippen LogP contribution in [0.1, 0.15) is 18.1 Å². The van der Waals surface area contributed by atoms with Crippen LogP contribution < -0.4 is 19.5 Å². The molecule has 2 aromatic rings. The fourth-order valence-corrected chi connectivity index (χ4v) is 3.31. The van der Waals surface area contributed by atoms with Gasteiger partial charge in [0.2, 0.25) is 11.7 Å². The highest BCUT2D eigenvalue weighted by Gasteiger charge is 2.16. The Kier molecular flexibility index (Phi) is 7.66. The monoisotopic (exact) mass is 375 g/mol. The predicted octanol–water partition coefficient (Wildman–Crippen LogP) is 3.65. The number of nitrogens with one attached hydrogen (secondary N) is 1. The smallest absolute Gasteiger partial charge is 0.233 e. The van der Waals surface area contributed by atoms with Crippen LogP contribution in [-0.2, 0) is 17.1 Å². The van der Waals surface area contributed by atoms with Crippen LogP contribution in [0.4, 0.5) is 0 Å². The number of carbonyl (C=O) groups excluding carboxylic acids is 1. The molecule has 0 aliphatic heterocycles. The number of hydrogen-bond acceptors (Lipinski definition) is 5. The minimum absolute atomic E-state index is 0.000294. The molecule has 5 nitrogen and oxygen atoms in total. The Morgan fingerprint density at radius 1 is 1.00 bits per heavy atom. The van der Waals surface area contributed by atoms with E-state index >= 15 is 0 Å². The summed E-state index contributed by atoms with van der Waals surface area (Å²) in [6, 6.07) is 13.8. The second-order valence-corrected chi connectivity index (χ2v) is 7.02. The Morgan fingerprint density at radius 3 is 2.15 bits per heavy atom. The Labute approximate surface area is 159 Å². The molecule has 0 fully saturated rings. The van der Waals surface area contributed by atoms with Crippen molar-refractivity contribution in [1.29, 1.82) is 0 Å². The van der Waals surface area contributed by atoms with Gasteiger partial charge in [0.1, 0.15) is 0 Å². The van der Waals surface area contributed by atoms with E-state index < -0.39 is 0 Å². The zero-order valence-corrected chi connectivity index (χ0v) is 16.4. The number of benzene rings is 2. The van der Waals surface area contributed by atoms with Crippen molar-refractivity contribution in [2.75, 3.05) is 21.3 Å². The minimum Gasteiger partial charge on any atom is -0.493 e. The molecule has 1 amide bonds. The summed E-state index contributed by atoms with van der Waals surface area (Å²) in [5.41, 5.74) is 2.09. The van der Waals surface area contributed by atoms with Crippen LogP contribution in [0.25, 0.3) is 0 Å². The molecule has 0 aliphatic rings. The molecular formula is C20H25NO4S. The van der Waals surface area contributed by atoms with Gasteiger partial charge in [0.25, 0.3) is 0 Å². The summed E-state index contributed by atoms with van der Waals surface area (Å²) in [6.07, 6.45) is 0. The molecule has 0 saturated heterocycles. The van der Waals surface area contributed by atoms with Gasteiger partial charge in [0.05, 0.1) is 26.6 Å². The summed E-state index contributed by atoms with van der Waals surface area (Å²) in [5.74, 6) is 2.49. The minimum atomic E-state index is -0.141. The van der Waals surface area contributed by atoms with E-state index in [-0.39, 0.29) is 11.2 Å². The van der Waals surface area contributed by atoms with E-state index in [1.165, 1.54) is 5.56 Å². The Hall–Kier alpha value is -2.34. The number of thioether (sulfide) groups is 1. The number of hydrogen-bond donors (Lipinski definition) is 1. The normalized spacial score (nSPS) is 11.5. The van der Waals surface area contributed by atoms with E-state index in [0.717, 1.165) is 11.3 Å². The first-order valence-electron chi connectivity index (χ1n) is 8.31. The number of rotatable bonds is 9. The van der Waals surface area contributed by atoms with Crippen molar-refractivity contribution < 1.29 is 19.0 Å². The molecule has 0 heterocycles. The SMILES string of the molecule is COc1cc(CNC(=O)[C@@H](C)SCc2ccccc2)cc(OC)c1OC. The Bertz CT molecular complexity index is 696. The first-order chi connectivity index (χ1) is 12.6. The van der Waals surface area contributed by atoms with E-state index in [4.69, 9.17) is 14.2 Å². The van der Waals surface area contributed by atoms with Gasteiger partial charge in [0, 0.05) is 12.3 Å². The van der Waals surface area contributed by atoms with Crippen molar-refractivity contribution in [3.8, 4) is 17.2 Å². The van der Waals surface area contributed by atoms with Gasteiger partial charge in [-0.05, 0) is 30.2 Å². The molecule has 1 atom stereocenters. The van der Waals surface area contributed by atoms with E-state index in [0.29, 0.717) is 23.8 Å². The molecule has 0 aliphatic carbocycles. The number of ether oxygens (including phenoxy) is 3. The van der Waals surface area contributed by atoms with Gasteiger partial charge in [-0.25, -0.2) is 0 Å². The number of carbonyl (C=O) groups is 1. The standard InChI is InChI=1S/C20H25NO4S/c1-14(26-13-15-8-6-5-7-9-15)20(22)21-12-16-10-17(23-2)19(25-4)18(11-16)24-3/h5-11,14H,12-13H2,1-4H3,(H,21,22)/t14-/m1/s1. The Morgan fingerprint density at radius 2 is 1.62 bits per heavy atom. The van der Waals surface area contributed by atoms with E-state index in [1.807, 2.05) is 37.3 Å². The highest BCUT2D eigenvalue weighted by atomic mass is 32.2. The number of methoxy groups -OCH3 is 3. The second-order valence-electron chi connectivity index (χ2n) is 5.69. The van der Waals surface area contributed by atoms with Crippen LogP contribution in [0.2, 0.25) is 0 Å². The van der Waals surface area contributed by atoms with E-state index in [2.05, 4.69) is 17.4 Å². The van der Waals surface area contributed by atoms with Crippen molar-refractivity contribution in [3.63, 3.8) is 0 Å². The highest BCUT2D eigenvalue weighted by Crippen LogP contribution is 2.38. The van der Waals surface area contributed by atoms with Crippen LogP contribution in [0.15, 0.2) is 42.5 Å². The lowest BCUT2D eigenvalue weighted by molar-refractivity contribution is -0.120. The summed E-state index contributed by atoms with van der Waals surface area (Å²) in [6.45, 7) is 2.31. The lowest BCUT2D eigenvalue weighted by Gasteiger charge is -2.15. The molecule has 0 aromatic heterocycles. The van der Waals surface area contributed by atoms with Crippen LogP contribution in [0.5, 0.6) is 17.2 Å². The highest BCUT2D eigenvalue weighted by molar-refractivity contribution is 7.99. The van der Waals surface area contributed by atoms with Crippen molar-refractivity contribution in [2.45, 2.75) is 24.5 Å². The largest absolute Gasteiger partial charge is 0.493 e. The molecule has 26 heavy (non-hydrogen) atoms. The Balaban J connectivity index is 1.93. The summed E-state index contributed by atoms with van der Waals surface area (Å²) in [5, 5.41) is 2.82. The molecule has 6 heteroatoms. The molecule has 0 saturated carbocycles. The van der Waals surface area contributed by atoms with Crippen molar-refractivity contribution in [1.82, 2.24) is 5.32 Å². The molecule has 2 aromatic carbocycles. The molecule has 2 rings (SSSR count). The molecule has 0 spiro atoms. The van der Waals surface area contributed by atoms with Crippen LogP contribution in [0.3, 0.4) is 0 Å². The van der Waals surface area contributed by atoms with Gasteiger partial charge in [0.15, 0.2) is 11.5 Å². The van der Waals surface area contributed by atoms with Gasteiger partial charge in [-0.15, -0.1) is 11.8 Å². The molecule has 1 N–H and O–H groups in total. The molecule has 0 unspecified atom stereocenters. The topological polar surface area (TPSA) is 56.8 Å². The fraction of sp³-hybridized carbons (Fsp3) is 0.350. The maximum atomic E-state index is 12.4. The molecule has 0 radical (unpaired) electrons. The van der Waals surface area contributed by atoms with E-state index in [9.17, 15) is 4.79 Å². The number of amides is 1. The maximum Gasteiger partial charge on any atom is 0.233 e. The van der Waals surface area contributed by atoms with Crippen molar-refractivity contribution in [3.05, 3.63) is 53.6 Å². The average Bonchev–Trinajstić information content (AvgIpc) is 2.69. The van der Waals surface area contributed by atoms with Crippen LogP contribution in [0, 0.1) is 0 Å².